The zero-order valence-corrected chi connectivity index (χ0v) is 14.7. The van der Waals surface area contributed by atoms with Crippen LogP contribution in [0.5, 0.6) is 0 Å². The Bertz CT molecular complexity index is 566. The number of carbonyl (C=O) groups is 1. The minimum absolute atomic E-state index is 0.0462. The number of unbranched alkanes of at least 4 members (excludes halogenated alkanes) is 3. The Labute approximate surface area is 134 Å². The van der Waals surface area contributed by atoms with E-state index in [1.165, 1.54) is 6.07 Å². The lowest BCUT2D eigenvalue weighted by Gasteiger charge is -2.06. The van der Waals surface area contributed by atoms with Crippen LogP contribution in [0.25, 0.3) is 0 Å². The van der Waals surface area contributed by atoms with E-state index >= 15 is 0 Å². The zero-order chi connectivity index (χ0) is 15.9. The smallest absolute Gasteiger partial charge is 0.345 e. The predicted octanol–water partition coefficient (Wildman–Crippen LogP) is 2.96. The number of carboxylic acids is 1. The Morgan fingerprint density at radius 2 is 2.00 bits per heavy atom. The highest BCUT2D eigenvalue weighted by atomic mass is 32.2. The number of carboxylic acid groups (broad SMARTS) is 1. The van der Waals surface area contributed by atoms with Crippen LogP contribution in [-0.2, 0) is 10.0 Å². The Hall–Kier alpha value is -0.570. The molecule has 0 aromatic carbocycles. The number of hydrogen-bond donors (Lipinski definition) is 2. The summed E-state index contributed by atoms with van der Waals surface area (Å²) in [5.41, 5.74) is 0. The molecule has 0 unspecified atom stereocenters. The summed E-state index contributed by atoms with van der Waals surface area (Å²) in [6, 6.07) is 1.23. The van der Waals surface area contributed by atoms with Gasteiger partial charge in [0.15, 0.2) is 0 Å². The molecule has 0 amide bonds. The van der Waals surface area contributed by atoms with Crippen LogP contribution in [0.3, 0.4) is 0 Å². The highest BCUT2D eigenvalue weighted by molar-refractivity contribution is 7.98. The SMILES string of the molecule is CSCCCCCCNS(=O)(=O)c1cc(C(=O)O)sc1C. The van der Waals surface area contributed by atoms with E-state index in [1.54, 1.807) is 6.92 Å². The highest BCUT2D eigenvalue weighted by Gasteiger charge is 2.21. The molecule has 0 bridgehead atoms. The number of aromatic carboxylic acids is 1. The predicted molar refractivity (Wildman–Crippen MR) is 88.1 cm³/mol. The minimum Gasteiger partial charge on any atom is -0.477 e. The first kappa shape index (κ1) is 18.5. The van der Waals surface area contributed by atoms with Crippen LogP contribution in [0.2, 0.25) is 0 Å². The number of rotatable bonds is 10. The maximum Gasteiger partial charge on any atom is 0.345 e. The second kappa shape index (κ2) is 8.77. The summed E-state index contributed by atoms with van der Waals surface area (Å²) in [6.45, 7) is 2.01. The highest BCUT2D eigenvalue weighted by Crippen LogP contribution is 2.25. The van der Waals surface area contributed by atoms with Crippen molar-refractivity contribution in [3.05, 3.63) is 15.8 Å². The van der Waals surface area contributed by atoms with E-state index in [0.29, 0.717) is 11.4 Å². The van der Waals surface area contributed by atoms with Crippen LogP contribution in [0.1, 0.15) is 40.2 Å². The fourth-order valence-corrected chi connectivity index (χ4v) is 4.84. The van der Waals surface area contributed by atoms with Crippen molar-refractivity contribution in [1.29, 1.82) is 0 Å². The maximum absolute atomic E-state index is 12.1. The van der Waals surface area contributed by atoms with Crippen molar-refractivity contribution in [3.8, 4) is 0 Å². The standard InChI is InChI=1S/C13H21NO4S3/c1-10-12(9-11(20-10)13(15)16)21(17,18)14-7-5-3-4-6-8-19-2/h9,14H,3-8H2,1-2H3,(H,15,16). The molecule has 0 aliphatic heterocycles. The summed E-state index contributed by atoms with van der Waals surface area (Å²) in [4.78, 5) is 11.5. The van der Waals surface area contributed by atoms with E-state index in [9.17, 15) is 13.2 Å². The van der Waals surface area contributed by atoms with Crippen LogP contribution >= 0.6 is 23.1 Å². The lowest BCUT2D eigenvalue weighted by Crippen LogP contribution is -2.25. The molecule has 5 nitrogen and oxygen atoms in total. The summed E-state index contributed by atoms with van der Waals surface area (Å²) >= 11 is 2.80. The van der Waals surface area contributed by atoms with Crippen molar-refractivity contribution < 1.29 is 18.3 Å². The first-order valence-corrected chi connectivity index (χ1v) is 10.4. The maximum atomic E-state index is 12.1. The van der Waals surface area contributed by atoms with Gasteiger partial charge in [-0.3, -0.25) is 0 Å². The van der Waals surface area contributed by atoms with Crippen molar-refractivity contribution in [1.82, 2.24) is 4.72 Å². The van der Waals surface area contributed by atoms with Crippen LogP contribution in [0.15, 0.2) is 11.0 Å². The fraction of sp³-hybridized carbons (Fsp3) is 0.615. The van der Waals surface area contributed by atoms with Crippen LogP contribution in [0, 0.1) is 6.92 Å². The molecular weight excluding hydrogens is 330 g/mol. The van der Waals surface area contributed by atoms with Crippen LogP contribution in [0.4, 0.5) is 0 Å². The number of nitrogens with one attached hydrogen (secondary N) is 1. The summed E-state index contributed by atoms with van der Waals surface area (Å²) in [5.74, 6) is 0.0379. The third kappa shape index (κ3) is 5.98. The molecule has 0 aliphatic rings. The summed E-state index contributed by atoms with van der Waals surface area (Å²) in [5, 5.41) is 8.90. The van der Waals surface area contributed by atoms with Crippen LogP contribution in [-0.4, -0.2) is 38.0 Å². The second-order valence-electron chi connectivity index (χ2n) is 4.64. The third-order valence-electron chi connectivity index (χ3n) is 2.94. The Balaban J connectivity index is 2.48. The summed E-state index contributed by atoms with van der Waals surface area (Å²) in [7, 11) is -3.61. The van der Waals surface area contributed by atoms with Crippen molar-refractivity contribution in [2.24, 2.45) is 0 Å². The van der Waals surface area contributed by atoms with Crippen molar-refractivity contribution in [2.45, 2.75) is 37.5 Å². The van der Waals surface area contributed by atoms with Gasteiger partial charge >= 0.3 is 5.97 Å². The second-order valence-corrected chi connectivity index (χ2v) is 8.62. The van der Waals surface area contributed by atoms with Crippen molar-refractivity contribution >= 4 is 39.1 Å². The molecule has 8 heteroatoms. The molecule has 1 rings (SSSR count). The largest absolute Gasteiger partial charge is 0.477 e. The Morgan fingerprint density at radius 3 is 2.57 bits per heavy atom. The number of sulfonamides is 1. The van der Waals surface area contributed by atoms with Gasteiger partial charge in [-0.05, 0) is 37.8 Å². The molecule has 0 aliphatic carbocycles. The summed E-state index contributed by atoms with van der Waals surface area (Å²) < 4.78 is 26.8. The van der Waals surface area contributed by atoms with E-state index in [1.807, 2.05) is 11.8 Å². The lowest BCUT2D eigenvalue weighted by atomic mass is 10.2. The Morgan fingerprint density at radius 1 is 1.33 bits per heavy atom. The molecule has 1 aromatic heterocycles. The van der Waals surface area contributed by atoms with Crippen LogP contribution < -0.4 is 4.72 Å². The quantitative estimate of drug-likeness (QED) is 0.633. The van der Waals surface area contributed by atoms with E-state index in [-0.39, 0.29) is 9.77 Å². The van der Waals surface area contributed by atoms with E-state index < -0.39 is 16.0 Å². The summed E-state index contributed by atoms with van der Waals surface area (Å²) in [6.07, 6.45) is 6.11. The third-order valence-corrected chi connectivity index (χ3v) is 6.39. The molecule has 21 heavy (non-hydrogen) atoms. The lowest BCUT2D eigenvalue weighted by molar-refractivity contribution is 0.0702. The number of thiophene rings is 1. The number of thioether (sulfide) groups is 1. The van der Waals surface area contributed by atoms with Gasteiger partial charge in [0.25, 0.3) is 0 Å². The van der Waals surface area contributed by atoms with Gasteiger partial charge in [-0.2, -0.15) is 11.8 Å². The molecule has 120 valence electrons. The van der Waals surface area contributed by atoms with Crippen molar-refractivity contribution in [2.75, 3.05) is 18.6 Å². The normalized spacial score (nSPS) is 11.7. The van der Waals surface area contributed by atoms with Gasteiger partial charge in [0.2, 0.25) is 10.0 Å². The Kier molecular flexibility index (Phi) is 7.72. The molecule has 1 heterocycles. The van der Waals surface area contributed by atoms with Gasteiger partial charge < -0.3 is 5.11 Å². The van der Waals surface area contributed by atoms with Gasteiger partial charge in [-0.1, -0.05) is 12.8 Å². The first-order valence-electron chi connectivity index (χ1n) is 6.71. The molecular formula is C13H21NO4S3. The average Bonchev–Trinajstić information content (AvgIpc) is 2.81. The van der Waals surface area contributed by atoms with E-state index in [0.717, 1.165) is 42.8 Å². The molecule has 0 saturated heterocycles. The first-order chi connectivity index (χ1) is 9.88. The van der Waals surface area contributed by atoms with Gasteiger partial charge in [0.1, 0.15) is 4.88 Å². The van der Waals surface area contributed by atoms with Gasteiger partial charge in [0, 0.05) is 11.4 Å². The van der Waals surface area contributed by atoms with E-state index in [2.05, 4.69) is 11.0 Å². The zero-order valence-electron chi connectivity index (χ0n) is 12.2. The minimum atomic E-state index is -3.61. The molecule has 1 aromatic rings. The van der Waals surface area contributed by atoms with Crippen molar-refractivity contribution in [3.63, 3.8) is 0 Å². The molecule has 0 radical (unpaired) electrons. The molecule has 2 N–H and O–H groups in total. The fourth-order valence-electron chi connectivity index (χ4n) is 1.85. The topological polar surface area (TPSA) is 83.5 Å². The molecule has 0 saturated carbocycles. The molecule has 0 fully saturated rings. The number of hydrogen-bond acceptors (Lipinski definition) is 5. The van der Waals surface area contributed by atoms with Gasteiger partial charge in [-0.25, -0.2) is 17.9 Å². The number of aryl methyl sites for hydroxylation is 1. The monoisotopic (exact) mass is 351 g/mol. The van der Waals surface area contributed by atoms with E-state index in [4.69, 9.17) is 5.11 Å². The average molecular weight is 352 g/mol. The van der Waals surface area contributed by atoms with Gasteiger partial charge in [0.05, 0.1) is 4.90 Å². The molecule has 0 spiro atoms. The molecule has 0 atom stereocenters. The van der Waals surface area contributed by atoms with Gasteiger partial charge in [-0.15, -0.1) is 11.3 Å².